The van der Waals surface area contributed by atoms with Gasteiger partial charge in [-0.25, -0.2) is 4.79 Å². The van der Waals surface area contributed by atoms with E-state index in [0.717, 1.165) is 0 Å². The zero-order valence-electron chi connectivity index (χ0n) is 13.1. The molecule has 0 atom stereocenters. The van der Waals surface area contributed by atoms with Crippen LogP contribution in [0.4, 0.5) is 0 Å². The number of aliphatic imine (C=N–C) groups is 1. The van der Waals surface area contributed by atoms with Crippen molar-refractivity contribution in [3.8, 4) is 17.2 Å². The van der Waals surface area contributed by atoms with E-state index < -0.39 is 5.97 Å². The number of guanidine groups is 1. The van der Waals surface area contributed by atoms with E-state index >= 15 is 0 Å². The van der Waals surface area contributed by atoms with Crippen LogP contribution in [0.2, 0.25) is 0 Å². The lowest BCUT2D eigenvalue weighted by Gasteiger charge is -2.11. The van der Waals surface area contributed by atoms with Crippen molar-refractivity contribution in [2.75, 3.05) is 27.4 Å². The fourth-order valence-electron chi connectivity index (χ4n) is 1.68. The average Bonchev–Trinajstić information content (AvgIpc) is 2.50. The van der Waals surface area contributed by atoms with Crippen LogP contribution in [0.15, 0.2) is 17.1 Å². The van der Waals surface area contributed by atoms with E-state index in [4.69, 9.17) is 25.7 Å². The number of esters is 1. The summed E-state index contributed by atoms with van der Waals surface area (Å²) in [5, 5.41) is 9.78. The van der Waals surface area contributed by atoms with Gasteiger partial charge < -0.3 is 30.8 Å². The SMILES string of the molecule is COc1cc(C(=O)OCCCCN=C(N)N)cc(OC)c1O.Cl. The topological polar surface area (TPSA) is 129 Å². The first-order valence-corrected chi connectivity index (χ1v) is 6.67. The molecule has 130 valence electrons. The van der Waals surface area contributed by atoms with Crippen LogP contribution < -0.4 is 20.9 Å². The summed E-state index contributed by atoms with van der Waals surface area (Å²) in [6, 6.07) is 2.78. The first-order valence-electron chi connectivity index (χ1n) is 6.67. The average molecular weight is 348 g/mol. The maximum Gasteiger partial charge on any atom is 0.338 e. The van der Waals surface area contributed by atoms with Crippen molar-refractivity contribution in [3.63, 3.8) is 0 Å². The van der Waals surface area contributed by atoms with Crippen molar-refractivity contribution in [3.05, 3.63) is 17.7 Å². The summed E-state index contributed by atoms with van der Waals surface area (Å²) in [7, 11) is 2.76. The number of ether oxygens (including phenoxy) is 3. The number of carbonyl (C=O) groups excluding carboxylic acids is 1. The zero-order chi connectivity index (χ0) is 16.5. The van der Waals surface area contributed by atoms with Gasteiger partial charge in [-0.1, -0.05) is 0 Å². The fraction of sp³-hybridized carbons (Fsp3) is 0.429. The van der Waals surface area contributed by atoms with Crippen molar-refractivity contribution in [1.29, 1.82) is 0 Å². The molecule has 1 rings (SSSR count). The summed E-state index contributed by atoms with van der Waals surface area (Å²) in [5.74, 6) is -0.379. The highest BCUT2D eigenvalue weighted by Crippen LogP contribution is 2.37. The number of hydrogen-bond donors (Lipinski definition) is 3. The number of methoxy groups -OCH3 is 2. The molecule has 0 saturated heterocycles. The Morgan fingerprint density at radius 3 is 2.22 bits per heavy atom. The highest BCUT2D eigenvalue weighted by atomic mass is 35.5. The largest absolute Gasteiger partial charge is 0.502 e. The molecule has 0 radical (unpaired) electrons. The summed E-state index contributed by atoms with van der Waals surface area (Å²) in [6.45, 7) is 0.727. The van der Waals surface area contributed by atoms with E-state index in [1.54, 1.807) is 0 Å². The van der Waals surface area contributed by atoms with E-state index in [-0.39, 0.29) is 47.8 Å². The summed E-state index contributed by atoms with van der Waals surface area (Å²) in [4.78, 5) is 15.8. The Balaban J connectivity index is 0.00000484. The molecule has 5 N–H and O–H groups in total. The number of benzene rings is 1. The monoisotopic (exact) mass is 347 g/mol. The summed E-state index contributed by atoms with van der Waals surface area (Å²) in [5.41, 5.74) is 10.6. The lowest BCUT2D eigenvalue weighted by Crippen LogP contribution is -2.23. The third kappa shape index (κ3) is 6.52. The number of phenolic OH excluding ortho intramolecular Hbond substituents is 1. The number of phenols is 1. The van der Waals surface area contributed by atoms with Gasteiger partial charge in [0.15, 0.2) is 17.5 Å². The number of unbranched alkanes of at least 4 members (excludes halogenated alkanes) is 1. The Morgan fingerprint density at radius 2 is 1.74 bits per heavy atom. The molecule has 0 bridgehead atoms. The highest BCUT2D eigenvalue weighted by molar-refractivity contribution is 5.91. The standard InChI is InChI=1S/C14H21N3O5.ClH/c1-20-10-7-9(8-11(21-2)12(10)18)13(19)22-6-4-3-5-17-14(15)16;/h7-8,18H,3-6H2,1-2H3,(H4,15,16,17);1H. The lowest BCUT2D eigenvalue weighted by molar-refractivity contribution is 0.0498. The number of aromatic hydroxyl groups is 1. The Hall–Kier alpha value is -2.35. The van der Waals surface area contributed by atoms with Gasteiger partial charge >= 0.3 is 5.97 Å². The second-order valence-corrected chi connectivity index (χ2v) is 4.38. The lowest BCUT2D eigenvalue weighted by atomic mass is 10.2. The number of nitrogens with zero attached hydrogens (tertiary/aromatic N) is 1. The Morgan fingerprint density at radius 1 is 1.17 bits per heavy atom. The van der Waals surface area contributed by atoms with Crippen LogP contribution in [-0.2, 0) is 4.74 Å². The highest BCUT2D eigenvalue weighted by Gasteiger charge is 2.16. The predicted molar refractivity (Wildman–Crippen MR) is 88.7 cm³/mol. The minimum absolute atomic E-state index is 0. The molecule has 0 saturated carbocycles. The van der Waals surface area contributed by atoms with E-state index in [2.05, 4.69) is 4.99 Å². The Kier molecular flexibility index (Phi) is 9.33. The first-order chi connectivity index (χ1) is 10.5. The molecule has 0 heterocycles. The molecule has 0 unspecified atom stereocenters. The minimum Gasteiger partial charge on any atom is -0.502 e. The Labute approximate surface area is 140 Å². The molecule has 1 aromatic rings. The van der Waals surface area contributed by atoms with Crippen LogP contribution in [-0.4, -0.2) is 44.4 Å². The Bertz CT molecular complexity index is 522. The van der Waals surface area contributed by atoms with Crippen molar-refractivity contribution in [2.24, 2.45) is 16.5 Å². The maximum atomic E-state index is 12.0. The smallest absolute Gasteiger partial charge is 0.338 e. The third-order valence-electron chi connectivity index (χ3n) is 2.80. The molecule has 0 aliphatic carbocycles. The number of hydrogen-bond acceptors (Lipinski definition) is 6. The molecular formula is C14H22ClN3O5. The van der Waals surface area contributed by atoms with Crippen LogP contribution >= 0.6 is 12.4 Å². The summed E-state index contributed by atoms with van der Waals surface area (Å²) < 4.78 is 15.1. The summed E-state index contributed by atoms with van der Waals surface area (Å²) in [6.07, 6.45) is 1.34. The number of nitrogens with two attached hydrogens (primary N) is 2. The van der Waals surface area contributed by atoms with Gasteiger partial charge in [-0.3, -0.25) is 4.99 Å². The molecule has 8 nitrogen and oxygen atoms in total. The van der Waals surface area contributed by atoms with Crippen LogP contribution in [0.5, 0.6) is 17.2 Å². The number of rotatable bonds is 8. The predicted octanol–water partition coefficient (Wildman–Crippen LogP) is 1.04. The molecule has 0 fully saturated rings. The van der Waals surface area contributed by atoms with Crippen molar-refractivity contribution < 1.29 is 24.1 Å². The first kappa shape index (κ1) is 20.6. The van der Waals surface area contributed by atoms with Crippen molar-refractivity contribution >= 4 is 24.3 Å². The minimum atomic E-state index is -0.529. The van der Waals surface area contributed by atoms with Crippen LogP contribution in [0.1, 0.15) is 23.2 Å². The molecule has 23 heavy (non-hydrogen) atoms. The summed E-state index contributed by atoms with van der Waals surface area (Å²) >= 11 is 0. The van der Waals surface area contributed by atoms with E-state index in [1.165, 1.54) is 26.4 Å². The van der Waals surface area contributed by atoms with Gasteiger partial charge in [0.25, 0.3) is 0 Å². The van der Waals surface area contributed by atoms with Crippen LogP contribution in [0.25, 0.3) is 0 Å². The number of carbonyl (C=O) groups is 1. The van der Waals surface area contributed by atoms with Gasteiger partial charge in [0.1, 0.15) is 0 Å². The maximum absolute atomic E-state index is 12.0. The second kappa shape index (κ2) is 10.4. The quantitative estimate of drug-likeness (QED) is 0.277. The van der Waals surface area contributed by atoms with Gasteiger partial charge in [0.05, 0.1) is 26.4 Å². The second-order valence-electron chi connectivity index (χ2n) is 4.38. The van der Waals surface area contributed by atoms with Gasteiger partial charge in [0, 0.05) is 6.54 Å². The van der Waals surface area contributed by atoms with Gasteiger partial charge in [-0.2, -0.15) is 0 Å². The molecule has 1 aromatic carbocycles. The fourth-order valence-corrected chi connectivity index (χ4v) is 1.68. The normalized spacial score (nSPS) is 9.48. The molecule has 0 spiro atoms. The molecule has 0 aliphatic rings. The molecule has 9 heteroatoms. The number of halogens is 1. The van der Waals surface area contributed by atoms with Crippen molar-refractivity contribution in [1.82, 2.24) is 0 Å². The van der Waals surface area contributed by atoms with Crippen LogP contribution in [0.3, 0.4) is 0 Å². The van der Waals surface area contributed by atoms with Gasteiger partial charge in [-0.15, -0.1) is 12.4 Å². The van der Waals surface area contributed by atoms with E-state index in [0.29, 0.717) is 19.4 Å². The molecule has 0 aromatic heterocycles. The molecular weight excluding hydrogens is 326 g/mol. The molecule has 0 aliphatic heterocycles. The third-order valence-corrected chi connectivity index (χ3v) is 2.80. The molecule has 0 amide bonds. The van der Waals surface area contributed by atoms with Gasteiger partial charge in [0.2, 0.25) is 5.75 Å². The van der Waals surface area contributed by atoms with E-state index in [9.17, 15) is 9.90 Å². The van der Waals surface area contributed by atoms with E-state index in [1.807, 2.05) is 0 Å². The van der Waals surface area contributed by atoms with Crippen LogP contribution in [0, 0.1) is 0 Å². The van der Waals surface area contributed by atoms with Gasteiger partial charge in [-0.05, 0) is 25.0 Å². The zero-order valence-corrected chi connectivity index (χ0v) is 13.9. The van der Waals surface area contributed by atoms with Crippen molar-refractivity contribution in [2.45, 2.75) is 12.8 Å².